The molecule has 0 fully saturated rings. The van der Waals surface area contributed by atoms with Crippen LogP contribution in [0, 0.1) is 11.8 Å². The van der Waals surface area contributed by atoms with Gasteiger partial charge in [-0.05, 0) is 24.3 Å². The summed E-state index contributed by atoms with van der Waals surface area (Å²) in [7, 11) is 1.83. The molecule has 0 aliphatic carbocycles. The molecule has 0 spiro atoms. The van der Waals surface area contributed by atoms with Gasteiger partial charge in [-0.2, -0.15) is 10.1 Å². The number of aryl methyl sites for hydroxylation is 2. The molecule has 0 unspecified atom stereocenters. The smallest absolute Gasteiger partial charge is 0.270 e. The van der Waals surface area contributed by atoms with Crippen molar-refractivity contribution in [3.05, 3.63) is 106 Å². The van der Waals surface area contributed by atoms with Crippen LogP contribution in [0.5, 0.6) is 0 Å². The number of amides is 1. The largest absolute Gasteiger partial charge is 0.445 e. The van der Waals surface area contributed by atoms with Gasteiger partial charge in [-0.15, -0.1) is 0 Å². The summed E-state index contributed by atoms with van der Waals surface area (Å²) in [5.74, 6) is 6.16. The summed E-state index contributed by atoms with van der Waals surface area (Å²) >= 11 is 0. The molecule has 4 N–H and O–H groups in total. The predicted molar refractivity (Wildman–Crippen MR) is 162 cm³/mol. The van der Waals surface area contributed by atoms with Crippen molar-refractivity contribution in [2.45, 2.75) is 27.2 Å². The van der Waals surface area contributed by atoms with E-state index in [4.69, 9.17) is 15.9 Å². The van der Waals surface area contributed by atoms with Crippen LogP contribution in [0.1, 0.15) is 48.1 Å². The first-order chi connectivity index (χ1) is 20.4. The van der Waals surface area contributed by atoms with Crippen molar-refractivity contribution < 1.29 is 9.21 Å². The average Bonchev–Trinajstić information content (AvgIpc) is 3.63. The van der Waals surface area contributed by atoms with Gasteiger partial charge in [-0.3, -0.25) is 23.8 Å². The Morgan fingerprint density at radius 3 is 2.48 bits per heavy atom. The lowest BCUT2D eigenvalue weighted by molar-refractivity contribution is 0.100. The molecule has 11 heteroatoms. The standard InChI is InChI=1S/C20H16N4O2.C9H8N4O.C2H6/c1-3-17-22-19-18(20(25)24(17)16-7-5-4-6-8-16)15(13-26-19)10-9-14-11-21-23(2)12-14;10-8-6(9(11)14)7-5(4-13-8)2-1-3-12-7;1-2/h4-8,11-13H,3H2,1-2H3;1-4H,(H2,10,13)(H2,11,14);1-2H3. The molecule has 5 heterocycles. The van der Waals surface area contributed by atoms with Crippen molar-refractivity contribution in [3.8, 4) is 17.5 Å². The number of nitrogens with zero attached hydrogens (tertiary/aromatic N) is 6. The van der Waals surface area contributed by atoms with Gasteiger partial charge in [-0.1, -0.05) is 50.8 Å². The molecule has 0 aliphatic rings. The third-order valence-corrected chi connectivity index (χ3v) is 5.98. The van der Waals surface area contributed by atoms with Gasteiger partial charge >= 0.3 is 0 Å². The Labute approximate surface area is 241 Å². The molecule has 6 rings (SSSR count). The molecule has 0 saturated carbocycles. The fraction of sp³-hybridized carbons (Fsp3) is 0.161. The molecule has 5 aromatic heterocycles. The number of hydrogen-bond acceptors (Lipinski definition) is 8. The zero-order chi connectivity index (χ0) is 30.2. The van der Waals surface area contributed by atoms with Crippen LogP contribution < -0.4 is 17.0 Å². The third kappa shape index (κ3) is 6.03. The zero-order valence-electron chi connectivity index (χ0n) is 23.7. The van der Waals surface area contributed by atoms with Gasteiger partial charge < -0.3 is 15.9 Å². The number of rotatable bonds is 3. The number of fused-ring (bicyclic) bond motifs is 2. The lowest BCUT2D eigenvalue weighted by atomic mass is 10.1. The van der Waals surface area contributed by atoms with Gasteiger partial charge in [0, 0.05) is 37.4 Å². The normalized spacial score (nSPS) is 10.2. The van der Waals surface area contributed by atoms with Crippen molar-refractivity contribution in [2.75, 3.05) is 5.73 Å². The van der Waals surface area contributed by atoms with Crippen LogP contribution in [0.15, 0.2) is 82.7 Å². The highest BCUT2D eigenvalue weighted by Crippen LogP contribution is 2.19. The summed E-state index contributed by atoms with van der Waals surface area (Å²) in [4.78, 5) is 36.7. The molecule has 1 aromatic carbocycles. The molecule has 11 nitrogen and oxygen atoms in total. The van der Waals surface area contributed by atoms with Crippen molar-refractivity contribution >= 4 is 33.7 Å². The van der Waals surface area contributed by atoms with Crippen molar-refractivity contribution in [1.29, 1.82) is 0 Å². The van der Waals surface area contributed by atoms with Crippen LogP contribution in [0.3, 0.4) is 0 Å². The van der Waals surface area contributed by atoms with E-state index >= 15 is 0 Å². The maximum absolute atomic E-state index is 13.2. The number of furan rings is 1. The summed E-state index contributed by atoms with van der Waals surface area (Å²) in [5, 5.41) is 5.22. The van der Waals surface area contributed by atoms with Gasteiger partial charge in [0.25, 0.3) is 11.5 Å². The fourth-order valence-electron chi connectivity index (χ4n) is 4.13. The maximum atomic E-state index is 13.2. The SMILES string of the molecule is CC.CCc1nc2occ(C#Cc3cnn(C)c3)c2c(=O)n1-c1ccccc1.NC(=O)c1c(N)ncc2cccnc12. The summed E-state index contributed by atoms with van der Waals surface area (Å²) in [5.41, 5.74) is 13.6. The molecule has 1 amide bonds. The monoisotopic (exact) mass is 562 g/mol. The Morgan fingerprint density at radius 2 is 1.81 bits per heavy atom. The summed E-state index contributed by atoms with van der Waals surface area (Å²) in [6.07, 6.45) is 8.71. The van der Waals surface area contributed by atoms with E-state index in [0.29, 0.717) is 34.4 Å². The molecule has 0 saturated heterocycles. The van der Waals surface area contributed by atoms with Crippen LogP contribution in [-0.2, 0) is 13.5 Å². The Hall–Kier alpha value is -5.76. The molecule has 0 aliphatic heterocycles. The second-order valence-electron chi connectivity index (χ2n) is 8.66. The maximum Gasteiger partial charge on any atom is 0.270 e. The third-order valence-electron chi connectivity index (χ3n) is 5.98. The first kappa shape index (κ1) is 29.2. The lowest BCUT2D eigenvalue weighted by Gasteiger charge is -2.10. The molecule has 42 heavy (non-hydrogen) atoms. The quantitative estimate of drug-likeness (QED) is 0.306. The van der Waals surface area contributed by atoms with Crippen LogP contribution in [0.25, 0.3) is 27.7 Å². The molecule has 0 bridgehead atoms. The lowest BCUT2D eigenvalue weighted by Crippen LogP contribution is -2.23. The minimum absolute atomic E-state index is 0.115. The van der Waals surface area contributed by atoms with Crippen LogP contribution in [-0.4, -0.2) is 35.2 Å². The first-order valence-electron chi connectivity index (χ1n) is 13.3. The number of nitrogens with two attached hydrogens (primary N) is 2. The number of hydrogen-bond donors (Lipinski definition) is 2. The van der Waals surface area contributed by atoms with E-state index in [-0.39, 0.29) is 16.9 Å². The van der Waals surface area contributed by atoms with Crippen molar-refractivity contribution in [1.82, 2.24) is 29.3 Å². The van der Waals surface area contributed by atoms with Gasteiger partial charge in [0.1, 0.15) is 28.9 Å². The highest BCUT2D eigenvalue weighted by Gasteiger charge is 2.17. The number of carbonyl (C=O) groups excluding carboxylic acids is 1. The number of primary amides is 1. The molecule has 0 atom stereocenters. The number of carbonyl (C=O) groups is 1. The van der Waals surface area contributed by atoms with Crippen LogP contribution >= 0.6 is 0 Å². The van der Waals surface area contributed by atoms with E-state index < -0.39 is 5.91 Å². The molecular weight excluding hydrogens is 532 g/mol. The zero-order valence-corrected chi connectivity index (χ0v) is 23.7. The van der Waals surface area contributed by atoms with Crippen molar-refractivity contribution in [3.63, 3.8) is 0 Å². The topological polar surface area (TPSA) is 161 Å². The van der Waals surface area contributed by atoms with E-state index in [9.17, 15) is 9.59 Å². The fourth-order valence-corrected chi connectivity index (χ4v) is 4.13. The minimum atomic E-state index is -0.612. The van der Waals surface area contributed by atoms with E-state index in [2.05, 4.69) is 31.9 Å². The predicted octanol–water partition coefficient (Wildman–Crippen LogP) is 4.01. The number of nitrogen functional groups attached to an aromatic ring is 1. The van der Waals surface area contributed by atoms with E-state index in [1.54, 1.807) is 40.0 Å². The number of anilines is 1. The number of aromatic nitrogens is 6. The van der Waals surface area contributed by atoms with E-state index in [1.807, 2.05) is 64.3 Å². The Morgan fingerprint density at radius 1 is 1.05 bits per heavy atom. The number of benzene rings is 1. The van der Waals surface area contributed by atoms with Gasteiger partial charge in [-0.25, -0.2) is 4.98 Å². The van der Waals surface area contributed by atoms with Crippen molar-refractivity contribution in [2.24, 2.45) is 12.8 Å². The Balaban J connectivity index is 0.000000214. The molecule has 0 radical (unpaired) electrons. The summed E-state index contributed by atoms with van der Waals surface area (Å²) < 4.78 is 8.80. The van der Waals surface area contributed by atoms with Crippen LogP contribution in [0.2, 0.25) is 0 Å². The highest BCUT2D eigenvalue weighted by atomic mass is 16.3. The first-order valence-corrected chi connectivity index (χ1v) is 13.3. The van der Waals surface area contributed by atoms with E-state index in [1.165, 1.54) is 6.26 Å². The van der Waals surface area contributed by atoms with E-state index in [0.717, 1.165) is 16.6 Å². The second-order valence-corrected chi connectivity index (χ2v) is 8.66. The Bertz CT molecular complexity index is 1980. The average molecular weight is 563 g/mol. The molecular formula is C31H30N8O3. The van der Waals surface area contributed by atoms with Gasteiger partial charge in [0.2, 0.25) is 5.71 Å². The Kier molecular flexibility index (Phi) is 9.09. The van der Waals surface area contributed by atoms with Crippen LogP contribution in [0.4, 0.5) is 5.82 Å². The van der Waals surface area contributed by atoms with Gasteiger partial charge in [0.05, 0.1) is 28.5 Å². The number of pyridine rings is 2. The molecule has 212 valence electrons. The molecule has 6 aromatic rings. The number of para-hydroxylation sites is 1. The minimum Gasteiger partial charge on any atom is -0.445 e. The highest BCUT2D eigenvalue weighted by molar-refractivity contribution is 6.08. The summed E-state index contributed by atoms with van der Waals surface area (Å²) in [6, 6.07) is 13.0. The second kappa shape index (κ2) is 13.1. The van der Waals surface area contributed by atoms with Gasteiger partial charge in [0.15, 0.2) is 0 Å². The summed E-state index contributed by atoms with van der Waals surface area (Å²) in [6.45, 7) is 5.96.